The number of hydrogen-bond donors (Lipinski definition) is 1. The molecule has 6 heteroatoms. The van der Waals surface area contributed by atoms with Crippen molar-refractivity contribution in [2.45, 2.75) is 44.4 Å². The van der Waals surface area contributed by atoms with E-state index in [2.05, 4.69) is 22.9 Å². The zero-order chi connectivity index (χ0) is 18.3. The van der Waals surface area contributed by atoms with Crippen molar-refractivity contribution >= 4 is 21.5 Å². The minimum absolute atomic E-state index is 0.0666. The van der Waals surface area contributed by atoms with E-state index in [0.717, 1.165) is 22.7 Å². The molecule has 0 saturated carbocycles. The van der Waals surface area contributed by atoms with Crippen LogP contribution in [-0.4, -0.2) is 18.0 Å². The summed E-state index contributed by atoms with van der Waals surface area (Å²) in [5.41, 5.74) is 3.17. The van der Waals surface area contributed by atoms with Gasteiger partial charge in [0.2, 0.25) is 0 Å². The van der Waals surface area contributed by atoms with Gasteiger partial charge < -0.3 is 0 Å². The molecule has 0 aliphatic heterocycles. The molecule has 2 aromatic rings. The fraction of sp³-hybridized carbons (Fsp3) is 0.316. The van der Waals surface area contributed by atoms with Crippen molar-refractivity contribution in [2.75, 3.05) is 0 Å². The lowest BCUT2D eigenvalue weighted by molar-refractivity contribution is 0.483. The molecule has 4 nitrogen and oxygen atoms in total. The van der Waals surface area contributed by atoms with E-state index in [1.165, 1.54) is 37.0 Å². The van der Waals surface area contributed by atoms with Crippen molar-refractivity contribution in [3.63, 3.8) is 0 Å². The molecule has 132 valence electrons. The summed E-state index contributed by atoms with van der Waals surface area (Å²) < 4.78 is 29.6. The lowest BCUT2D eigenvalue weighted by atomic mass is 10.0. The Bertz CT molecular complexity index is 898. The zero-order valence-corrected chi connectivity index (χ0v) is 16.0. The average Bonchev–Trinajstić information content (AvgIpc) is 3.00. The van der Waals surface area contributed by atoms with Crippen LogP contribution in [0, 0.1) is 25.7 Å². The molecule has 1 aromatic carbocycles. The largest absolute Gasteiger partial charge is 0.294 e. The Hall–Kier alpha value is -1.94. The Morgan fingerprint density at radius 3 is 2.36 bits per heavy atom. The summed E-state index contributed by atoms with van der Waals surface area (Å²) in [7, 11) is -4.02. The van der Waals surface area contributed by atoms with Crippen LogP contribution in [-0.2, 0) is 10.1 Å². The van der Waals surface area contributed by atoms with Crippen molar-refractivity contribution in [2.24, 2.45) is 0 Å². The predicted octanol–water partition coefficient (Wildman–Crippen LogP) is 4.55. The third-order valence-corrected chi connectivity index (χ3v) is 5.22. The Morgan fingerprint density at radius 2 is 1.84 bits per heavy atom. The maximum Gasteiger partial charge on any atom is 0.294 e. The maximum atomic E-state index is 10.5. The second-order valence-corrected chi connectivity index (χ2v) is 8.25. The standard InChI is InChI=1S/C12H13NS.C7H8O3S/c1-10-13-12(9-14-10)8-7-11-5-3-2-4-6-11;1-6-2-4-7(5-3-6)11(8,9)10/h5,9H,2-4,6H2,1H3;2-5H,1H3,(H,8,9,10). The summed E-state index contributed by atoms with van der Waals surface area (Å²) in [4.78, 5) is 4.25. The van der Waals surface area contributed by atoms with Gasteiger partial charge in [0.25, 0.3) is 10.1 Å². The van der Waals surface area contributed by atoms with E-state index >= 15 is 0 Å². The van der Waals surface area contributed by atoms with Crippen LogP contribution in [0.5, 0.6) is 0 Å². The number of rotatable bonds is 1. The summed E-state index contributed by atoms with van der Waals surface area (Å²) in [6, 6.07) is 5.99. The van der Waals surface area contributed by atoms with E-state index < -0.39 is 10.1 Å². The topological polar surface area (TPSA) is 67.3 Å². The Labute approximate surface area is 153 Å². The third kappa shape index (κ3) is 6.83. The van der Waals surface area contributed by atoms with Gasteiger partial charge in [-0.05, 0) is 63.2 Å². The summed E-state index contributed by atoms with van der Waals surface area (Å²) in [6.45, 7) is 3.85. The molecule has 1 aliphatic carbocycles. The summed E-state index contributed by atoms with van der Waals surface area (Å²) in [5, 5.41) is 3.11. The highest BCUT2D eigenvalue weighted by Gasteiger charge is 2.06. The molecule has 0 radical (unpaired) electrons. The summed E-state index contributed by atoms with van der Waals surface area (Å²) in [6.07, 6.45) is 7.21. The molecule has 0 spiro atoms. The third-order valence-electron chi connectivity index (χ3n) is 3.58. The van der Waals surface area contributed by atoms with Crippen molar-refractivity contribution in [1.29, 1.82) is 0 Å². The molecule has 0 fully saturated rings. The second-order valence-electron chi connectivity index (χ2n) is 5.77. The first-order valence-corrected chi connectivity index (χ1v) is 10.3. The molecule has 3 rings (SSSR count). The van der Waals surface area contributed by atoms with Crippen LogP contribution in [0.2, 0.25) is 0 Å². The monoisotopic (exact) mass is 375 g/mol. The van der Waals surface area contributed by atoms with Crippen molar-refractivity contribution in [1.82, 2.24) is 4.98 Å². The molecular weight excluding hydrogens is 354 g/mol. The molecule has 0 unspecified atom stereocenters. The van der Waals surface area contributed by atoms with E-state index in [1.807, 2.05) is 19.2 Å². The zero-order valence-electron chi connectivity index (χ0n) is 14.3. The number of nitrogens with zero attached hydrogens (tertiary/aromatic N) is 1. The first kappa shape index (κ1) is 19.4. The quantitative estimate of drug-likeness (QED) is 0.587. The van der Waals surface area contributed by atoms with Crippen LogP contribution in [0.15, 0.2) is 46.2 Å². The first-order chi connectivity index (χ1) is 11.8. The lowest BCUT2D eigenvalue weighted by Crippen LogP contribution is -1.96. The molecule has 1 aromatic heterocycles. The first-order valence-electron chi connectivity index (χ1n) is 8.02. The van der Waals surface area contributed by atoms with Crippen LogP contribution in [0.3, 0.4) is 0 Å². The average molecular weight is 376 g/mol. The van der Waals surface area contributed by atoms with Crippen LogP contribution < -0.4 is 0 Å². The highest BCUT2D eigenvalue weighted by atomic mass is 32.2. The highest BCUT2D eigenvalue weighted by Crippen LogP contribution is 2.16. The fourth-order valence-corrected chi connectivity index (χ4v) is 3.25. The molecule has 0 saturated heterocycles. The second kappa shape index (κ2) is 8.95. The number of aromatic nitrogens is 1. The fourth-order valence-electron chi connectivity index (χ4n) is 2.23. The molecule has 1 heterocycles. The lowest BCUT2D eigenvalue weighted by Gasteiger charge is -2.05. The van der Waals surface area contributed by atoms with Crippen molar-refractivity contribution in [3.05, 3.63) is 57.6 Å². The van der Waals surface area contributed by atoms with Gasteiger partial charge in [0, 0.05) is 5.38 Å². The number of aryl methyl sites for hydroxylation is 2. The minimum atomic E-state index is -4.02. The van der Waals surface area contributed by atoms with Gasteiger partial charge >= 0.3 is 0 Å². The smallest absolute Gasteiger partial charge is 0.282 e. The van der Waals surface area contributed by atoms with Crippen molar-refractivity contribution < 1.29 is 13.0 Å². The molecule has 25 heavy (non-hydrogen) atoms. The normalized spacial score (nSPS) is 13.8. The van der Waals surface area contributed by atoms with Gasteiger partial charge in [-0.2, -0.15) is 8.42 Å². The number of thiazole rings is 1. The molecule has 0 amide bonds. The number of benzene rings is 1. The van der Waals surface area contributed by atoms with Gasteiger partial charge in [-0.25, -0.2) is 4.98 Å². The van der Waals surface area contributed by atoms with Crippen molar-refractivity contribution in [3.8, 4) is 11.8 Å². The summed E-state index contributed by atoms with van der Waals surface area (Å²) in [5.74, 6) is 6.32. The van der Waals surface area contributed by atoms with E-state index in [0.29, 0.717) is 0 Å². The minimum Gasteiger partial charge on any atom is -0.282 e. The molecule has 0 bridgehead atoms. The van der Waals surface area contributed by atoms with Crippen LogP contribution in [0.1, 0.15) is 41.9 Å². The van der Waals surface area contributed by atoms with Gasteiger partial charge in [0.1, 0.15) is 5.69 Å². The van der Waals surface area contributed by atoms with Crippen LogP contribution in [0.25, 0.3) is 0 Å². The Kier molecular flexibility index (Phi) is 6.94. The highest BCUT2D eigenvalue weighted by molar-refractivity contribution is 7.85. The Balaban J connectivity index is 0.000000186. The van der Waals surface area contributed by atoms with Gasteiger partial charge in [-0.1, -0.05) is 29.7 Å². The maximum absolute atomic E-state index is 10.5. The van der Waals surface area contributed by atoms with Crippen LogP contribution in [0.4, 0.5) is 0 Å². The Morgan fingerprint density at radius 1 is 1.12 bits per heavy atom. The molecule has 0 atom stereocenters. The van der Waals surface area contributed by atoms with E-state index in [-0.39, 0.29) is 4.90 Å². The van der Waals surface area contributed by atoms with E-state index in [1.54, 1.807) is 23.5 Å². The van der Waals surface area contributed by atoms with Gasteiger partial charge in [0.15, 0.2) is 0 Å². The number of hydrogen-bond acceptors (Lipinski definition) is 4. The molecule has 1 N–H and O–H groups in total. The van der Waals surface area contributed by atoms with Gasteiger partial charge in [-0.15, -0.1) is 11.3 Å². The van der Waals surface area contributed by atoms with Gasteiger partial charge in [-0.3, -0.25) is 4.55 Å². The summed E-state index contributed by atoms with van der Waals surface area (Å²) >= 11 is 1.66. The SMILES string of the molecule is Cc1ccc(S(=O)(=O)O)cc1.Cc1nc(C#CC2=CCCCC2)cs1. The number of allylic oxidation sites excluding steroid dienone is 2. The van der Waals surface area contributed by atoms with Gasteiger partial charge in [0.05, 0.1) is 9.90 Å². The molecule has 1 aliphatic rings. The molecular formula is C19H21NO3S2. The predicted molar refractivity (Wildman–Crippen MR) is 101 cm³/mol. The van der Waals surface area contributed by atoms with E-state index in [9.17, 15) is 8.42 Å². The van der Waals surface area contributed by atoms with Crippen LogP contribution >= 0.6 is 11.3 Å². The van der Waals surface area contributed by atoms with E-state index in [4.69, 9.17) is 4.55 Å².